The van der Waals surface area contributed by atoms with Crippen LogP contribution in [0, 0.1) is 5.92 Å². The van der Waals surface area contributed by atoms with Crippen LogP contribution in [-0.4, -0.2) is 215 Å². The lowest BCUT2D eigenvalue weighted by molar-refractivity contribution is -0.138. The first-order valence-electron chi connectivity index (χ1n) is 19.7. The quantitative estimate of drug-likeness (QED) is 0.0639. The molecule has 58 heavy (non-hydrogen) atoms. The van der Waals surface area contributed by atoms with Crippen molar-refractivity contribution in [2.45, 2.75) is 18.0 Å². The zero-order chi connectivity index (χ0) is 41.8. The number of nitrogens with zero attached hydrogens (tertiary/aromatic N) is 2. The van der Waals surface area contributed by atoms with Crippen LogP contribution in [-0.2, 0) is 76.4 Å². The van der Waals surface area contributed by atoms with Crippen LogP contribution in [0.15, 0.2) is 24.5 Å². The molecule has 2 amide bonds. The second-order valence-corrected chi connectivity index (χ2v) is 13.3. The minimum Gasteiger partial charge on any atom is -0.481 e. The van der Waals surface area contributed by atoms with Crippen LogP contribution in [0.2, 0.25) is 0 Å². The van der Waals surface area contributed by atoms with E-state index in [0.717, 1.165) is 5.56 Å². The third-order valence-corrected chi connectivity index (χ3v) is 9.27. The van der Waals surface area contributed by atoms with Crippen molar-refractivity contribution in [3.63, 3.8) is 0 Å². The standard InChI is InChI=1S/C38H64N3O16Si/c1-41-35(42)31-34(38(41,58)33-3-2-5-39-32-33)37(45)40-6-8-47-10-12-49-14-16-51-18-20-53-22-24-55-26-28-57-30-29-56-27-25-54-23-21-52-19-17-50-15-13-48-11-9-46-7-4-36(43)44/h2-3,5,32,34H,4,6-31H2,1H3,(H,40,45)(H,43,44)/t34-,38+/m1/s1. The van der Waals surface area contributed by atoms with Gasteiger partial charge in [0.25, 0.3) is 0 Å². The fourth-order valence-corrected chi connectivity index (χ4v) is 5.71. The molecule has 0 saturated carbocycles. The van der Waals surface area contributed by atoms with Gasteiger partial charge in [-0.1, -0.05) is 6.07 Å². The van der Waals surface area contributed by atoms with Crippen molar-refractivity contribution in [3.8, 4) is 0 Å². The van der Waals surface area contributed by atoms with Gasteiger partial charge in [0.2, 0.25) is 11.8 Å². The molecular formula is C38H64N3O16Si. The summed E-state index contributed by atoms with van der Waals surface area (Å²) in [5, 5.41) is 10.4. The maximum atomic E-state index is 12.9. The third kappa shape index (κ3) is 24.4. The number of carbonyl (C=O) groups is 3. The number of carboxylic acids is 1. The number of pyridine rings is 1. The van der Waals surface area contributed by atoms with E-state index >= 15 is 0 Å². The summed E-state index contributed by atoms with van der Waals surface area (Å²) in [6.07, 6.45) is 3.39. The normalized spacial score (nSPS) is 16.7. The predicted octanol–water partition coefficient (Wildman–Crippen LogP) is -0.329. The third-order valence-electron chi connectivity index (χ3n) is 8.30. The van der Waals surface area contributed by atoms with Gasteiger partial charge in [-0.2, -0.15) is 0 Å². The Bertz CT molecular complexity index is 1180. The number of hydrogen-bond acceptors (Lipinski definition) is 16. The Morgan fingerprint density at radius 3 is 1.33 bits per heavy atom. The van der Waals surface area contributed by atoms with Gasteiger partial charge in [-0.15, -0.1) is 0 Å². The molecule has 1 aromatic heterocycles. The molecular weight excluding hydrogens is 783 g/mol. The lowest BCUT2D eigenvalue weighted by atomic mass is 9.92. The Morgan fingerprint density at radius 2 is 1.00 bits per heavy atom. The van der Waals surface area contributed by atoms with Crippen molar-refractivity contribution in [2.75, 3.05) is 172 Å². The van der Waals surface area contributed by atoms with Crippen molar-refractivity contribution in [1.29, 1.82) is 0 Å². The summed E-state index contributed by atoms with van der Waals surface area (Å²) in [6.45, 7) is 10.6. The van der Waals surface area contributed by atoms with E-state index in [0.29, 0.717) is 159 Å². The van der Waals surface area contributed by atoms with E-state index in [2.05, 4.69) is 20.5 Å². The van der Waals surface area contributed by atoms with E-state index in [9.17, 15) is 14.4 Å². The molecule has 19 nitrogen and oxygen atoms in total. The highest BCUT2D eigenvalue weighted by atomic mass is 28.1. The van der Waals surface area contributed by atoms with Gasteiger partial charge in [0.1, 0.15) is 0 Å². The van der Waals surface area contributed by atoms with Crippen molar-refractivity contribution in [3.05, 3.63) is 30.1 Å². The average Bonchev–Trinajstić information content (AvgIpc) is 3.46. The molecule has 1 aliphatic heterocycles. The van der Waals surface area contributed by atoms with E-state index in [4.69, 9.17) is 61.9 Å². The maximum absolute atomic E-state index is 12.9. The molecule has 0 unspecified atom stereocenters. The van der Waals surface area contributed by atoms with Gasteiger partial charge in [-0.05, 0) is 11.6 Å². The summed E-state index contributed by atoms with van der Waals surface area (Å²) in [5.74, 6) is -1.84. The molecule has 0 bridgehead atoms. The maximum Gasteiger partial charge on any atom is 0.305 e. The number of carbonyl (C=O) groups excluding carboxylic acids is 2. The minimum absolute atomic E-state index is 0.0103. The van der Waals surface area contributed by atoms with E-state index in [1.54, 1.807) is 30.4 Å². The Hall–Kier alpha value is -2.70. The van der Waals surface area contributed by atoms with Crippen LogP contribution in [0.1, 0.15) is 18.4 Å². The van der Waals surface area contributed by atoms with E-state index in [-0.39, 0.29) is 31.3 Å². The first-order chi connectivity index (χ1) is 28.4. The summed E-state index contributed by atoms with van der Waals surface area (Å²) in [6, 6.07) is 3.62. The Balaban J connectivity index is 1.21. The first kappa shape index (κ1) is 51.4. The van der Waals surface area contributed by atoms with Crippen molar-refractivity contribution >= 4 is 28.0 Å². The van der Waals surface area contributed by atoms with Gasteiger partial charge in [0.15, 0.2) is 0 Å². The molecule has 1 saturated heterocycles. The second kappa shape index (κ2) is 35.1. The predicted molar refractivity (Wildman–Crippen MR) is 208 cm³/mol. The summed E-state index contributed by atoms with van der Waals surface area (Å²) in [4.78, 5) is 41.4. The topological polar surface area (TPSA) is 210 Å². The number of ether oxygens (including phenoxy) is 12. The van der Waals surface area contributed by atoms with Gasteiger partial charge in [-0.3, -0.25) is 19.4 Å². The zero-order valence-corrected chi connectivity index (χ0v) is 34.9. The fraction of sp³-hybridized carbons (Fsp3) is 0.789. The lowest BCUT2D eigenvalue weighted by Gasteiger charge is -2.36. The van der Waals surface area contributed by atoms with E-state index in [1.807, 2.05) is 6.07 Å². The van der Waals surface area contributed by atoms with Crippen LogP contribution < -0.4 is 5.32 Å². The molecule has 1 aliphatic rings. The van der Waals surface area contributed by atoms with Gasteiger partial charge >= 0.3 is 5.97 Å². The van der Waals surface area contributed by atoms with Crippen LogP contribution in [0.4, 0.5) is 0 Å². The second-order valence-electron chi connectivity index (χ2n) is 12.5. The Morgan fingerprint density at radius 1 is 0.655 bits per heavy atom. The summed E-state index contributed by atoms with van der Waals surface area (Å²) < 4.78 is 65.3. The van der Waals surface area contributed by atoms with Gasteiger partial charge in [0.05, 0.1) is 186 Å². The lowest BCUT2D eigenvalue weighted by Crippen LogP contribution is -2.50. The first-order valence-corrected chi connectivity index (χ1v) is 20.2. The van der Waals surface area contributed by atoms with E-state index < -0.39 is 17.0 Å². The highest BCUT2D eigenvalue weighted by Crippen LogP contribution is 2.40. The molecule has 3 radical (unpaired) electrons. The molecule has 20 heteroatoms. The highest BCUT2D eigenvalue weighted by molar-refractivity contribution is 6.20. The monoisotopic (exact) mass is 846 g/mol. The molecule has 1 fully saturated rings. The number of amides is 2. The van der Waals surface area contributed by atoms with Crippen LogP contribution in [0.3, 0.4) is 0 Å². The van der Waals surface area contributed by atoms with Gasteiger partial charge in [0, 0.05) is 32.4 Å². The van der Waals surface area contributed by atoms with Gasteiger partial charge in [-0.25, -0.2) is 0 Å². The zero-order valence-electron chi connectivity index (χ0n) is 33.9. The molecule has 0 aliphatic carbocycles. The number of aliphatic carboxylic acids is 1. The van der Waals surface area contributed by atoms with Crippen LogP contribution in [0.25, 0.3) is 0 Å². The van der Waals surface area contributed by atoms with Crippen molar-refractivity contribution in [2.24, 2.45) is 5.92 Å². The number of hydrogen-bond donors (Lipinski definition) is 2. The highest BCUT2D eigenvalue weighted by Gasteiger charge is 2.52. The summed E-state index contributed by atoms with van der Waals surface area (Å²) in [5.41, 5.74) is 0.741. The molecule has 0 spiro atoms. The van der Waals surface area contributed by atoms with E-state index in [1.165, 1.54) is 0 Å². The van der Waals surface area contributed by atoms with Gasteiger partial charge < -0.3 is 72.2 Å². The molecule has 2 N–H and O–H groups in total. The minimum atomic E-state index is -0.955. The van der Waals surface area contributed by atoms with Crippen LogP contribution in [0.5, 0.6) is 0 Å². The molecule has 0 aromatic carbocycles. The van der Waals surface area contributed by atoms with Crippen molar-refractivity contribution in [1.82, 2.24) is 15.2 Å². The number of aromatic nitrogens is 1. The summed E-state index contributed by atoms with van der Waals surface area (Å²) >= 11 is 0. The van der Waals surface area contributed by atoms with Crippen LogP contribution >= 0.6 is 0 Å². The number of carboxylic acid groups (broad SMARTS) is 1. The molecule has 1 aromatic rings. The smallest absolute Gasteiger partial charge is 0.305 e. The molecule has 2 rings (SSSR count). The number of rotatable bonds is 41. The fourth-order valence-electron chi connectivity index (χ4n) is 5.21. The Kier molecular flexibility index (Phi) is 31.1. The average molecular weight is 847 g/mol. The Labute approximate surface area is 345 Å². The molecule has 2 atom stereocenters. The van der Waals surface area contributed by atoms with Crippen molar-refractivity contribution < 1.29 is 76.3 Å². The largest absolute Gasteiger partial charge is 0.481 e. The summed E-state index contributed by atoms with van der Waals surface area (Å²) in [7, 11) is 5.40. The molecule has 2 heterocycles. The molecule has 331 valence electrons. The SMILES string of the molecule is CN1C(=O)C[C@H](C(=O)NCCOCCOCCOCCOCCOCCOCCOCCOCCOCCOCCOCCOCCC(=O)O)[C@@]1([Si])c1cccnc1. The number of likely N-dealkylation sites (tertiary alicyclic amines) is 1. The number of nitrogens with one attached hydrogen (secondary N) is 1.